The molecule has 1 saturated heterocycles. The standard InChI is InChI=1S/C26H28ClN3O6/c27-21-14-19(5-4-17(21)2-1-10-36-11-9-31)28-24(33)13-16-3-6-20-18(12-16)15-30(26(20)35)22-7-8-23(32)29-25(22)34/h3-6,12,14,22,31H,1-2,7-11,13,15H2,(H,28,33)(H,29,32,34). The zero-order valence-electron chi connectivity index (χ0n) is 19.7. The summed E-state index contributed by atoms with van der Waals surface area (Å²) in [6, 6.07) is 9.94. The van der Waals surface area contributed by atoms with Gasteiger partial charge in [-0.2, -0.15) is 0 Å². The number of aryl methyl sites for hydroxylation is 1. The Morgan fingerprint density at radius 2 is 2.00 bits per heavy atom. The van der Waals surface area contributed by atoms with Crippen molar-refractivity contribution in [3.63, 3.8) is 0 Å². The summed E-state index contributed by atoms with van der Waals surface area (Å²) in [4.78, 5) is 50.6. The topological polar surface area (TPSA) is 125 Å². The maximum absolute atomic E-state index is 12.8. The first-order valence-electron chi connectivity index (χ1n) is 11.9. The number of nitrogens with one attached hydrogen (secondary N) is 2. The number of piperidine rings is 1. The second kappa shape index (κ2) is 11.6. The highest BCUT2D eigenvalue weighted by atomic mass is 35.5. The molecule has 4 rings (SSSR count). The molecule has 2 aromatic carbocycles. The first kappa shape index (κ1) is 25.8. The third-order valence-electron chi connectivity index (χ3n) is 6.26. The van der Waals surface area contributed by atoms with Gasteiger partial charge in [0.15, 0.2) is 0 Å². The van der Waals surface area contributed by atoms with Gasteiger partial charge >= 0.3 is 0 Å². The van der Waals surface area contributed by atoms with Crippen LogP contribution in [0.2, 0.25) is 5.02 Å². The molecule has 0 saturated carbocycles. The second-order valence-electron chi connectivity index (χ2n) is 8.86. The number of rotatable bonds is 10. The van der Waals surface area contributed by atoms with Gasteiger partial charge < -0.3 is 20.1 Å². The molecule has 190 valence electrons. The number of carbonyl (C=O) groups is 4. The number of halogens is 1. The van der Waals surface area contributed by atoms with E-state index in [0.29, 0.717) is 35.9 Å². The molecular weight excluding hydrogens is 486 g/mol. The average molecular weight is 514 g/mol. The molecule has 0 bridgehead atoms. The number of aliphatic hydroxyl groups excluding tert-OH is 1. The molecule has 0 aromatic heterocycles. The first-order valence-corrected chi connectivity index (χ1v) is 12.3. The minimum absolute atomic E-state index is 0.000459. The molecule has 2 aliphatic heterocycles. The van der Waals surface area contributed by atoms with E-state index in [1.54, 1.807) is 24.3 Å². The van der Waals surface area contributed by atoms with Gasteiger partial charge in [0.05, 0.1) is 19.6 Å². The van der Waals surface area contributed by atoms with Crippen LogP contribution in [0.4, 0.5) is 5.69 Å². The number of ether oxygens (including phenoxy) is 1. The van der Waals surface area contributed by atoms with Gasteiger partial charge in [-0.15, -0.1) is 0 Å². The van der Waals surface area contributed by atoms with Crippen LogP contribution in [-0.4, -0.2) is 59.5 Å². The zero-order chi connectivity index (χ0) is 25.7. The Bertz CT molecular complexity index is 1180. The van der Waals surface area contributed by atoms with Crippen LogP contribution in [0, 0.1) is 0 Å². The number of hydrogen-bond acceptors (Lipinski definition) is 6. The molecule has 1 fully saturated rings. The molecular formula is C26H28ClN3O6. The van der Waals surface area contributed by atoms with E-state index in [1.807, 2.05) is 12.1 Å². The Morgan fingerprint density at radius 3 is 2.75 bits per heavy atom. The molecule has 0 aliphatic carbocycles. The lowest BCUT2D eigenvalue weighted by molar-refractivity contribution is -0.137. The molecule has 2 aliphatic rings. The summed E-state index contributed by atoms with van der Waals surface area (Å²) in [5.41, 5.74) is 3.55. The van der Waals surface area contributed by atoms with Gasteiger partial charge in [0.2, 0.25) is 17.7 Å². The van der Waals surface area contributed by atoms with Crippen LogP contribution < -0.4 is 10.6 Å². The normalized spacial score (nSPS) is 17.2. The number of hydrogen-bond donors (Lipinski definition) is 3. The minimum atomic E-state index is -0.671. The number of imide groups is 1. The maximum Gasteiger partial charge on any atom is 0.255 e. The van der Waals surface area contributed by atoms with Crippen LogP contribution in [0.5, 0.6) is 0 Å². The molecule has 36 heavy (non-hydrogen) atoms. The predicted molar refractivity (Wildman–Crippen MR) is 132 cm³/mol. The summed E-state index contributed by atoms with van der Waals surface area (Å²) < 4.78 is 5.25. The first-order chi connectivity index (χ1) is 17.4. The molecule has 0 radical (unpaired) electrons. The maximum atomic E-state index is 12.8. The largest absolute Gasteiger partial charge is 0.394 e. The van der Waals surface area contributed by atoms with E-state index in [2.05, 4.69) is 10.6 Å². The fraction of sp³-hybridized carbons (Fsp3) is 0.385. The van der Waals surface area contributed by atoms with Gasteiger partial charge in [-0.3, -0.25) is 24.5 Å². The van der Waals surface area contributed by atoms with Crippen molar-refractivity contribution in [3.8, 4) is 0 Å². The van der Waals surface area contributed by atoms with Gasteiger partial charge in [-0.1, -0.05) is 29.8 Å². The molecule has 4 amide bonds. The Hall–Kier alpha value is -3.27. The summed E-state index contributed by atoms with van der Waals surface area (Å²) in [6.45, 7) is 1.11. The second-order valence-corrected chi connectivity index (χ2v) is 9.27. The summed E-state index contributed by atoms with van der Waals surface area (Å²) in [5, 5.41) is 14.4. The highest BCUT2D eigenvalue weighted by Gasteiger charge is 2.39. The van der Waals surface area contributed by atoms with Crippen molar-refractivity contribution >= 4 is 40.9 Å². The summed E-state index contributed by atoms with van der Waals surface area (Å²) >= 11 is 6.37. The van der Waals surface area contributed by atoms with Gasteiger partial charge in [0.1, 0.15) is 6.04 Å². The molecule has 1 unspecified atom stereocenters. The molecule has 2 heterocycles. The highest BCUT2D eigenvalue weighted by Crippen LogP contribution is 2.28. The van der Waals surface area contributed by atoms with Crippen molar-refractivity contribution in [3.05, 3.63) is 63.7 Å². The molecule has 9 nitrogen and oxygen atoms in total. The zero-order valence-corrected chi connectivity index (χ0v) is 20.5. The van der Waals surface area contributed by atoms with E-state index < -0.39 is 11.9 Å². The van der Waals surface area contributed by atoms with E-state index in [-0.39, 0.29) is 43.7 Å². The Labute approximate surface area is 213 Å². The van der Waals surface area contributed by atoms with Crippen molar-refractivity contribution in [2.45, 2.75) is 44.7 Å². The Balaban J connectivity index is 1.33. The van der Waals surface area contributed by atoms with Crippen molar-refractivity contribution in [1.29, 1.82) is 0 Å². The van der Waals surface area contributed by atoms with Crippen molar-refractivity contribution < 1.29 is 29.0 Å². The van der Waals surface area contributed by atoms with E-state index in [1.165, 1.54) is 4.90 Å². The quantitative estimate of drug-likeness (QED) is 0.330. The van der Waals surface area contributed by atoms with Crippen molar-refractivity contribution in [2.75, 3.05) is 25.1 Å². The fourth-order valence-electron chi connectivity index (χ4n) is 4.49. The molecule has 1 atom stereocenters. The van der Waals surface area contributed by atoms with Crippen LogP contribution in [0.15, 0.2) is 36.4 Å². The van der Waals surface area contributed by atoms with Crippen LogP contribution >= 0.6 is 11.6 Å². The summed E-state index contributed by atoms with van der Waals surface area (Å²) in [6.07, 6.45) is 2.11. The fourth-order valence-corrected chi connectivity index (χ4v) is 4.76. The highest BCUT2D eigenvalue weighted by molar-refractivity contribution is 6.31. The molecule has 0 spiro atoms. The molecule has 2 aromatic rings. The van der Waals surface area contributed by atoms with Crippen LogP contribution in [0.25, 0.3) is 0 Å². The number of nitrogens with zero attached hydrogens (tertiary/aromatic N) is 1. The minimum Gasteiger partial charge on any atom is -0.394 e. The number of anilines is 1. The lowest BCUT2D eigenvalue weighted by Gasteiger charge is -2.29. The lowest BCUT2D eigenvalue weighted by atomic mass is 10.0. The number of carbonyl (C=O) groups excluding carboxylic acids is 4. The van der Waals surface area contributed by atoms with E-state index in [0.717, 1.165) is 29.5 Å². The van der Waals surface area contributed by atoms with E-state index in [9.17, 15) is 19.2 Å². The molecule has 3 N–H and O–H groups in total. The third kappa shape index (κ3) is 6.10. The Kier molecular flexibility index (Phi) is 8.35. The third-order valence-corrected chi connectivity index (χ3v) is 6.61. The van der Waals surface area contributed by atoms with Gasteiger partial charge in [-0.05, 0) is 54.2 Å². The number of amides is 4. The van der Waals surface area contributed by atoms with Gasteiger partial charge in [0.25, 0.3) is 5.91 Å². The number of aliphatic hydroxyl groups is 1. The van der Waals surface area contributed by atoms with E-state index >= 15 is 0 Å². The van der Waals surface area contributed by atoms with Crippen molar-refractivity contribution in [1.82, 2.24) is 10.2 Å². The van der Waals surface area contributed by atoms with Gasteiger partial charge in [0, 0.05) is 35.8 Å². The van der Waals surface area contributed by atoms with Crippen molar-refractivity contribution in [2.24, 2.45) is 0 Å². The smallest absolute Gasteiger partial charge is 0.255 e. The summed E-state index contributed by atoms with van der Waals surface area (Å²) in [7, 11) is 0. The predicted octanol–water partition coefficient (Wildman–Crippen LogP) is 2.22. The SMILES string of the molecule is O=C1CCC(N2Cc3cc(CC(=O)Nc4ccc(CCCOCCO)c(Cl)c4)ccc3C2=O)C(=O)N1. The lowest BCUT2D eigenvalue weighted by Crippen LogP contribution is -2.52. The monoisotopic (exact) mass is 513 g/mol. The average Bonchev–Trinajstić information content (AvgIpc) is 3.15. The van der Waals surface area contributed by atoms with Crippen LogP contribution in [0.1, 0.15) is 46.3 Å². The number of fused-ring (bicyclic) bond motifs is 1. The summed E-state index contributed by atoms with van der Waals surface area (Å²) in [5.74, 6) is -1.24. The van der Waals surface area contributed by atoms with Crippen LogP contribution in [-0.2, 0) is 38.5 Å². The van der Waals surface area contributed by atoms with Crippen LogP contribution in [0.3, 0.4) is 0 Å². The molecule has 10 heteroatoms. The Morgan fingerprint density at radius 1 is 1.17 bits per heavy atom. The number of benzene rings is 2. The van der Waals surface area contributed by atoms with Gasteiger partial charge in [-0.25, -0.2) is 0 Å². The van der Waals surface area contributed by atoms with E-state index in [4.69, 9.17) is 21.4 Å².